The van der Waals surface area contributed by atoms with Crippen LogP contribution in [0.5, 0.6) is 28.7 Å². The lowest BCUT2D eigenvalue weighted by atomic mass is 9.90. The molecule has 1 aromatic heterocycles. The van der Waals surface area contributed by atoms with E-state index in [1.807, 2.05) is 0 Å². The number of aliphatic hydroxyl groups is 2. The molecule has 0 bridgehead atoms. The van der Waals surface area contributed by atoms with Gasteiger partial charge in [-0.15, -0.1) is 0 Å². The van der Waals surface area contributed by atoms with Gasteiger partial charge in [0.1, 0.15) is 29.0 Å². The number of Topliss-reactive ketones (excluding diaryl/α,β-unsaturated/α-hetero) is 1. The van der Waals surface area contributed by atoms with Crippen molar-refractivity contribution in [2.75, 3.05) is 64.6 Å². The minimum atomic E-state index is -0.596. The minimum absolute atomic E-state index is 0.0536. The summed E-state index contributed by atoms with van der Waals surface area (Å²) in [6, 6.07) is 17.5. The van der Waals surface area contributed by atoms with Crippen molar-refractivity contribution >= 4 is 11.6 Å². The second-order valence-corrected chi connectivity index (χ2v) is 12.9. The van der Waals surface area contributed by atoms with Crippen molar-refractivity contribution in [1.29, 1.82) is 0 Å². The number of methoxy groups -OCH3 is 1. The maximum Gasteiger partial charge on any atom is 0.204 e. The van der Waals surface area contributed by atoms with E-state index in [1.54, 1.807) is 24.3 Å². The molecule has 0 aliphatic carbocycles. The number of H-pyrrole nitrogens is 1. The average molecular weight is 700 g/mol. The summed E-state index contributed by atoms with van der Waals surface area (Å²) in [5.74, 6) is 2.38. The van der Waals surface area contributed by atoms with Gasteiger partial charge in [0.2, 0.25) is 5.75 Å². The summed E-state index contributed by atoms with van der Waals surface area (Å²) in [6.45, 7) is 6.16. The topological polar surface area (TPSA) is 146 Å². The normalized spacial score (nSPS) is 15.7. The first-order valence-electron chi connectivity index (χ1n) is 17.9. The van der Waals surface area contributed by atoms with Gasteiger partial charge in [0, 0.05) is 69.1 Å². The van der Waals surface area contributed by atoms with Gasteiger partial charge in [0.05, 0.1) is 26.7 Å². The zero-order valence-electron chi connectivity index (χ0n) is 29.5. The van der Waals surface area contributed by atoms with Crippen LogP contribution in [-0.4, -0.2) is 85.8 Å². The van der Waals surface area contributed by atoms with Gasteiger partial charge in [-0.05, 0) is 54.2 Å². The first kappa shape index (κ1) is 36.1. The van der Waals surface area contributed by atoms with Crippen molar-refractivity contribution in [3.63, 3.8) is 0 Å². The minimum Gasteiger partial charge on any atom is -0.508 e. The summed E-state index contributed by atoms with van der Waals surface area (Å²) >= 11 is 0. The van der Waals surface area contributed by atoms with Crippen LogP contribution in [0, 0.1) is 0 Å². The van der Waals surface area contributed by atoms with Gasteiger partial charge in [-0.25, -0.2) is 0 Å². The van der Waals surface area contributed by atoms with Crippen LogP contribution in [0.2, 0.25) is 0 Å². The van der Waals surface area contributed by atoms with Gasteiger partial charge < -0.3 is 49.5 Å². The van der Waals surface area contributed by atoms with Crippen molar-refractivity contribution in [3.05, 3.63) is 82.5 Å². The van der Waals surface area contributed by atoms with Crippen LogP contribution in [0.1, 0.15) is 65.0 Å². The van der Waals surface area contributed by atoms with Crippen molar-refractivity contribution in [3.8, 4) is 39.9 Å². The summed E-state index contributed by atoms with van der Waals surface area (Å²) in [5.41, 5.74) is 6.32. The number of ketones is 1. The fourth-order valence-electron chi connectivity index (χ4n) is 6.81. The molecule has 3 aromatic carbocycles. The third-order valence-corrected chi connectivity index (χ3v) is 9.46. The number of nitrogens with one attached hydrogen (secondary N) is 2. The van der Waals surface area contributed by atoms with Crippen LogP contribution < -0.4 is 29.2 Å². The molecule has 2 aliphatic rings. The van der Waals surface area contributed by atoms with E-state index in [2.05, 4.69) is 52.5 Å². The van der Waals surface area contributed by atoms with E-state index in [-0.39, 0.29) is 61.4 Å². The van der Waals surface area contributed by atoms with Crippen LogP contribution in [0.4, 0.5) is 5.82 Å². The molecule has 1 unspecified atom stereocenters. The van der Waals surface area contributed by atoms with Gasteiger partial charge >= 0.3 is 0 Å². The first-order valence-corrected chi connectivity index (χ1v) is 17.9. The number of anilines is 1. The Morgan fingerprint density at radius 3 is 2.33 bits per heavy atom. The molecule has 1 saturated heterocycles. The summed E-state index contributed by atoms with van der Waals surface area (Å²) in [7, 11) is 1.51. The number of rotatable bonds is 16. The number of carbonyl (C=O) groups is 1. The summed E-state index contributed by atoms with van der Waals surface area (Å²) < 4.78 is 25.1. The molecule has 272 valence electrons. The van der Waals surface area contributed by atoms with Crippen molar-refractivity contribution in [1.82, 2.24) is 10.3 Å². The van der Waals surface area contributed by atoms with Gasteiger partial charge in [-0.3, -0.25) is 4.79 Å². The van der Waals surface area contributed by atoms with E-state index in [9.17, 15) is 20.1 Å². The first-order chi connectivity index (χ1) is 24.9. The second kappa shape index (κ2) is 17.0. The number of benzene rings is 3. The molecular formula is C40H49N3O8. The van der Waals surface area contributed by atoms with Crippen LogP contribution in [0.25, 0.3) is 11.1 Å². The number of nitrogens with zero attached hydrogens (tertiary/aromatic N) is 1. The quantitative estimate of drug-likeness (QED) is 0.0967. The SMILES string of the molecule is CCc1cc(-c2cccc(CCc3c(OCCCO)c(OC)c(OCCCO)c4c3OC(c3ccc(O)cc3)CC4=O)c2)c(N2CCNCC2)[nH]1. The smallest absolute Gasteiger partial charge is 0.204 e. The Labute approximate surface area is 299 Å². The number of phenolic OH excluding ortho intramolecular Hbond substituents is 1. The number of aryl methyl sites for hydroxylation is 2. The number of phenols is 1. The average Bonchev–Trinajstić information content (AvgIpc) is 3.60. The summed E-state index contributed by atoms with van der Waals surface area (Å²) in [4.78, 5) is 20.1. The number of fused-ring (bicyclic) bond motifs is 1. The fourth-order valence-corrected chi connectivity index (χ4v) is 6.81. The highest BCUT2D eigenvalue weighted by Gasteiger charge is 2.38. The van der Waals surface area contributed by atoms with Crippen molar-refractivity contribution < 1.29 is 39.1 Å². The maximum absolute atomic E-state index is 14.0. The molecule has 4 aromatic rings. The Balaban J connectivity index is 1.40. The molecule has 2 aliphatic heterocycles. The highest BCUT2D eigenvalue weighted by Crippen LogP contribution is 2.53. The number of aromatic hydroxyl groups is 1. The number of aliphatic hydroxyl groups excluding tert-OH is 2. The number of carbonyl (C=O) groups excluding carboxylic acids is 1. The summed E-state index contributed by atoms with van der Waals surface area (Å²) in [5, 5.41) is 32.4. The van der Waals surface area contributed by atoms with Gasteiger partial charge in [0.15, 0.2) is 17.3 Å². The number of aromatic nitrogens is 1. The van der Waals surface area contributed by atoms with Crippen LogP contribution in [-0.2, 0) is 19.3 Å². The van der Waals surface area contributed by atoms with E-state index >= 15 is 0 Å². The molecule has 51 heavy (non-hydrogen) atoms. The zero-order valence-corrected chi connectivity index (χ0v) is 29.5. The molecular weight excluding hydrogens is 650 g/mol. The Morgan fingerprint density at radius 1 is 0.922 bits per heavy atom. The predicted octanol–water partition coefficient (Wildman–Crippen LogP) is 5.38. The van der Waals surface area contributed by atoms with E-state index < -0.39 is 6.10 Å². The fraction of sp³-hybridized carbons (Fsp3) is 0.425. The Kier molecular flexibility index (Phi) is 12.0. The molecule has 6 rings (SSSR count). The number of ether oxygens (including phenoxy) is 4. The standard InChI is InChI=1S/C40H49N3O8/c1-3-29-24-32(40(42-29)43-17-15-41-16-18-43)28-8-4-7-26(23-28)9-14-31-36-35(33(47)25-34(51-36)27-10-12-30(46)13-11-27)38(50-22-6-20-45)39(48-2)37(31)49-21-5-19-44/h4,7-8,10-13,23-24,34,41-42,44-46H,3,5-6,9,14-22,25H2,1-2H3. The number of hydrogen-bond donors (Lipinski definition) is 5. The van der Waals surface area contributed by atoms with E-state index in [1.165, 1.54) is 18.4 Å². The molecule has 0 amide bonds. The van der Waals surface area contributed by atoms with Crippen LogP contribution in [0.3, 0.4) is 0 Å². The molecule has 5 N–H and O–H groups in total. The third-order valence-electron chi connectivity index (χ3n) is 9.46. The van der Waals surface area contributed by atoms with Crippen molar-refractivity contribution in [2.24, 2.45) is 0 Å². The lowest BCUT2D eigenvalue weighted by Gasteiger charge is -2.31. The van der Waals surface area contributed by atoms with Gasteiger partial charge in [0.25, 0.3) is 0 Å². The maximum atomic E-state index is 14.0. The lowest BCUT2D eigenvalue weighted by Crippen LogP contribution is -2.43. The molecule has 0 radical (unpaired) electrons. The molecule has 0 spiro atoms. The zero-order chi connectivity index (χ0) is 35.7. The second-order valence-electron chi connectivity index (χ2n) is 12.9. The van der Waals surface area contributed by atoms with E-state index in [4.69, 9.17) is 18.9 Å². The predicted molar refractivity (Wildman–Crippen MR) is 196 cm³/mol. The molecule has 3 heterocycles. The number of aromatic amines is 1. The van der Waals surface area contributed by atoms with Crippen LogP contribution in [0.15, 0.2) is 54.6 Å². The van der Waals surface area contributed by atoms with E-state index in [0.717, 1.165) is 55.1 Å². The molecule has 11 heteroatoms. The van der Waals surface area contributed by atoms with Crippen molar-refractivity contribution in [2.45, 2.75) is 51.6 Å². The highest BCUT2D eigenvalue weighted by atomic mass is 16.5. The van der Waals surface area contributed by atoms with Crippen LogP contribution >= 0.6 is 0 Å². The summed E-state index contributed by atoms with van der Waals surface area (Å²) in [6.07, 6.45) is 2.20. The number of hydrogen-bond acceptors (Lipinski definition) is 10. The molecule has 11 nitrogen and oxygen atoms in total. The number of piperazine rings is 1. The molecule has 0 saturated carbocycles. The monoisotopic (exact) mass is 699 g/mol. The Bertz CT molecular complexity index is 1780. The molecule has 1 atom stereocenters. The Hall–Kier alpha value is -4.71. The molecule has 1 fully saturated rings. The van der Waals surface area contributed by atoms with Gasteiger partial charge in [-0.1, -0.05) is 43.3 Å². The Morgan fingerprint density at radius 2 is 1.65 bits per heavy atom. The third kappa shape index (κ3) is 8.11. The van der Waals surface area contributed by atoms with E-state index in [0.29, 0.717) is 42.7 Å². The lowest BCUT2D eigenvalue weighted by molar-refractivity contribution is 0.0836. The van der Waals surface area contributed by atoms with Gasteiger partial charge in [-0.2, -0.15) is 0 Å². The highest BCUT2D eigenvalue weighted by molar-refractivity contribution is 6.04. The largest absolute Gasteiger partial charge is 0.508 e.